The summed E-state index contributed by atoms with van der Waals surface area (Å²) in [5, 5.41) is 0. The molecule has 0 amide bonds. The summed E-state index contributed by atoms with van der Waals surface area (Å²) < 4.78 is 68.7. The first-order valence-corrected chi connectivity index (χ1v) is 10.6. The lowest BCUT2D eigenvalue weighted by Gasteiger charge is -2.01. The van der Waals surface area contributed by atoms with Gasteiger partial charge in [-0.05, 0) is 54.8 Å². The average molecular weight is 452 g/mol. The van der Waals surface area contributed by atoms with Crippen LogP contribution in [0.3, 0.4) is 0 Å². The van der Waals surface area contributed by atoms with Crippen LogP contribution in [0.5, 0.6) is 0 Å². The first-order chi connectivity index (χ1) is 15.9. The Morgan fingerprint density at radius 1 is 0.636 bits per heavy atom. The van der Waals surface area contributed by atoms with Gasteiger partial charge in [0.1, 0.15) is 29.9 Å². The molecule has 5 heteroatoms. The fourth-order valence-electron chi connectivity index (χ4n) is 3.18. The lowest BCUT2D eigenvalue weighted by Crippen LogP contribution is -1.95. The molecule has 0 saturated heterocycles. The Bertz CT molecular complexity index is 1210. The quantitative estimate of drug-likeness (QED) is 0.217. The SMILES string of the molecule is CCCCCc1ccc(C#Cc2cc(F)c(C#Cc3cc(F)c(CF)c(F)c3)c(F)c2)cc1. The Morgan fingerprint density at radius 2 is 1.15 bits per heavy atom. The van der Waals surface area contributed by atoms with Gasteiger partial charge in [0.2, 0.25) is 0 Å². The van der Waals surface area contributed by atoms with Crippen molar-refractivity contribution in [2.45, 2.75) is 39.3 Å². The average Bonchev–Trinajstić information content (AvgIpc) is 2.78. The summed E-state index contributed by atoms with van der Waals surface area (Å²) in [4.78, 5) is 0. The molecule has 0 heterocycles. The van der Waals surface area contributed by atoms with Crippen LogP contribution >= 0.6 is 0 Å². The normalized spacial score (nSPS) is 10.2. The van der Waals surface area contributed by atoms with E-state index in [4.69, 9.17) is 0 Å². The third-order valence-corrected chi connectivity index (χ3v) is 5.02. The van der Waals surface area contributed by atoms with E-state index >= 15 is 0 Å². The molecule has 0 aliphatic heterocycles. The van der Waals surface area contributed by atoms with E-state index in [2.05, 4.69) is 30.6 Å². The van der Waals surface area contributed by atoms with Gasteiger partial charge in [-0.3, -0.25) is 0 Å². The third kappa shape index (κ3) is 6.46. The molecule has 3 aromatic rings. The van der Waals surface area contributed by atoms with Gasteiger partial charge < -0.3 is 0 Å². The van der Waals surface area contributed by atoms with Crippen LogP contribution in [0.2, 0.25) is 0 Å². The lowest BCUT2D eigenvalue weighted by molar-refractivity contribution is 0.440. The summed E-state index contributed by atoms with van der Waals surface area (Å²) in [5.74, 6) is 6.05. The smallest absolute Gasteiger partial charge is 0.143 e. The number of hydrogen-bond acceptors (Lipinski definition) is 0. The predicted molar refractivity (Wildman–Crippen MR) is 119 cm³/mol. The summed E-state index contributed by atoms with van der Waals surface area (Å²) in [5.41, 5.74) is 0.641. The van der Waals surface area contributed by atoms with Crippen LogP contribution in [0.1, 0.15) is 59.6 Å². The Labute approximate surface area is 190 Å². The molecule has 33 heavy (non-hydrogen) atoms. The van der Waals surface area contributed by atoms with Gasteiger partial charge in [0.15, 0.2) is 0 Å². The van der Waals surface area contributed by atoms with E-state index < -0.39 is 41.1 Å². The van der Waals surface area contributed by atoms with Gasteiger partial charge in [0, 0.05) is 16.7 Å². The van der Waals surface area contributed by atoms with Gasteiger partial charge >= 0.3 is 0 Å². The van der Waals surface area contributed by atoms with Crippen LogP contribution in [-0.2, 0) is 13.1 Å². The second kappa shape index (κ2) is 11.3. The minimum absolute atomic E-state index is 0.131. The highest BCUT2D eigenvalue weighted by molar-refractivity contribution is 5.50. The number of benzene rings is 3. The Morgan fingerprint density at radius 3 is 1.70 bits per heavy atom. The van der Waals surface area contributed by atoms with Gasteiger partial charge in [-0.25, -0.2) is 22.0 Å². The highest BCUT2D eigenvalue weighted by Gasteiger charge is 2.11. The number of alkyl halides is 1. The maximum absolute atomic E-state index is 14.4. The van der Waals surface area contributed by atoms with Crippen molar-refractivity contribution in [3.8, 4) is 23.7 Å². The van der Waals surface area contributed by atoms with Crippen LogP contribution < -0.4 is 0 Å². The Hall–Kier alpha value is -3.57. The number of rotatable bonds is 5. The summed E-state index contributed by atoms with van der Waals surface area (Å²) in [7, 11) is 0. The first kappa shape index (κ1) is 24.1. The highest BCUT2D eigenvalue weighted by atomic mass is 19.2. The van der Waals surface area contributed by atoms with Gasteiger partial charge in [0.05, 0.1) is 11.1 Å². The van der Waals surface area contributed by atoms with E-state index in [0.29, 0.717) is 0 Å². The second-order valence-electron chi connectivity index (χ2n) is 7.52. The molecule has 0 spiro atoms. The van der Waals surface area contributed by atoms with Crippen molar-refractivity contribution in [1.82, 2.24) is 0 Å². The van der Waals surface area contributed by atoms with Crippen molar-refractivity contribution < 1.29 is 22.0 Å². The van der Waals surface area contributed by atoms with Crippen LogP contribution in [-0.4, -0.2) is 0 Å². The fourth-order valence-corrected chi connectivity index (χ4v) is 3.18. The van der Waals surface area contributed by atoms with Crippen LogP contribution in [0.15, 0.2) is 48.5 Å². The molecule has 3 rings (SSSR count). The molecule has 0 nitrogen and oxygen atoms in total. The van der Waals surface area contributed by atoms with Crippen molar-refractivity contribution in [1.29, 1.82) is 0 Å². The van der Waals surface area contributed by atoms with Gasteiger partial charge in [-0.1, -0.05) is 55.6 Å². The number of aryl methyl sites for hydroxylation is 1. The molecule has 3 aromatic carbocycles. The van der Waals surface area contributed by atoms with Gasteiger partial charge in [-0.15, -0.1) is 0 Å². The largest absolute Gasteiger partial charge is 0.246 e. The summed E-state index contributed by atoms with van der Waals surface area (Å²) in [6, 6.07) is 11.4. The molecule has 0 radical (unpaired) electrons. The molecular weight excluding hydrogens is 431 g/mol. The molecule has 0 atom stereocenters. The van der Waals surface area contributed by atoms with E-state index in [1.807, 2.05) is 24.3 Å². The number of unbranched alkanes of at least 4 members (excludes halogenated alkanes) is 2. The molecule has 0 fully saturated rings. The van der Waals surface area contributed by atoms with Crippen LogP contribution in [0.25, 0.3) is 0 Å². The van der Waals surface area contributed by atoms with Gasteiger partial charge in [0.25, 0.3) is 0 Å². The van der Waals surface area contributed by atoms with E-state index in [9.17, 15) is 22.0 Å². The minimum Gasteiger partial charge on any atom is -0.246 e. The van der Waals surface area contributed by atoms with Gasteiger partial charge in [-0.2, -0.15) is 0 Å². The third-order valence-electron chi connectivity index (χ3n) is 5.02. The van der Waals surface area contributed by atoms with Crippen LogP contribution in [0, 0.1) is 47.0 Å². The van der Waals surface area contributed by atoms with E-state index in [0.717, 1.165) is 49.1 Å². The van der Waals surface area contributed by atoms with Crippen molar-refractivity contribution in [2.24, 2.45) is 0 Å². The fraction of sp³-hybridized carbons (Fsp3) is 0.214. The van der Waals surface area contributed by atoms with Crippen LogP contribution in [0.4, 0.5) is 22.0 Å². The Kier molecular flexibility index (Phi) is 8.28. The second-order valence-corrected chi connectivity index (χ2v) is 7.52. The number of hydrogen-bond donors (Lipinski definition) is 0. The molecule has 0 unspecified atom stereocenters. The first-order valence-electron chi connectivity index (χ1n) is 10.6. The molecule has 0 aliphatic rings. The zero-order valence-corrected chi connectivity index (χ0v) is 18.0. The zero-order chi connectivity index (χ0) is 23.8. The monoisotopic (exact) mass is 452 g/mol. The maximum atomic E-state index is 14.4. The zero-order valence-electron chi connectivity index (χ0n) is 18.0. The summed E-state index contributed by atoms with van der Waals surface area (Å²) >= 11 is 0. The molecular formula is C28H21F5. The Balaban J connectivity index is 1.78. The number of halogens is 5. The minimum atomic E-state index is -1.31. The molecule has 0 saturated carbocycles. The van der Waals surface area contributed by atoms with E-state index in [1.165, 1.54) is 12.0 Å². The molecule has 0 aliphatic carbocycles. The highest BCUT2D eigenvalue weighted by Crippen LogP contribution is 2.18. The molecule has 0 aromatic heterocycles. The standard InChI is InChI=1S/C28H21F5/c1-2-3-4-5-19-6-8-20(9-7-19)10-11-21-14-25(30)23(26(31)15-21)13-12-22-16-27(32)24(18-29)28(33)17-22/h6-9,14-17H,2-5,18H2,1H3. The predicted octanol–water partition coefficient (Wildman–Crippen LogP) is 7.24. The van der Waals surface area contributed by atoms with E-state index in [1.54, 1.807) is 0 Å². The molecule has 0 N–H and O–H groups in total. The molecule has 168 valence electrons. The van der Waals surface area contributed by atoms with Crippen molar-refractivity contribution in [3.63, 3.8) is 0 Å². The molecule has 0 bridgehead atoms. The topological polar surface area (TPSA) is 0 Å². The summed E-state index contributed by atoms with van der Waals surface area (Å²) in [6.07, 6.45) is 4.46. The summed E-state index contributed by atoms with van der Waals surface area (Å²) in [6.45, 7) is 0.847. The van der Waals surface area contributed by atoms with Crippen molar-refractivity contribution in [3.05, 3.63) is 105 Å². The lowest BCUT2D eigenvalue weighted by atomic mass is 10.0. The van der Waals surface area contributed by atoms with Crippen molar-refractivity contribution in [2.75, 3.05) is 0 Å². The van der Waals surface area contributed by atoms with Crippen molar-refractivity contribution >= 4 is 0 Å². The maximum Gasteiger partial charge on any atom is 0.143 e. The van der Waals surface area contributed by atoms with E-state index in [-0.39, 0.29) is 11.1 Å².